The van der Waals surface area contributed by atoms with E-state index in [4.69, 9.17) is 9.47 Å². The highest BCUT2D eigenvalue weighted by atomic mass is 32.2. The molecule has 8 nitrogen and oxygen atoms in total. The van der Waals surface area contributed by atoms with Gasteiger partial charge in [-0.1, -0.05) is 45.4 Å². The fourth-order valence-corrected chi connectivity index (χ4v) is 7.07. The first kappa shape index (κ1) is 36.1. The van der Waals surface area contributed by atoms with Crippen molar-refractivity contribution >= 4 is 34.2 Å². The number of carbonyl (C=O) groups is 1. The Balaban J connectivity index is 1.28. The minimum absolute atomic E-state index is 0.141. The number of ether oxygens (including phenoxy) is 2. The minimum Gasteiger partial charge on any atom is -0.491 e. The lowest BCUT2D eigenvalue weighted by atomic mass is 9.99. The monoisotopic (exact) mass is 682 g/mol. The number of carbonyl (C=O) groups excluding carboxylic acids is 1. The summed E-state index contributed by atoms with van der Waals surface area (Å²) in [5, 5.41) is 3.07. The Morgan fingerprint density at radius 1 is 0.918 bits per heavy atom. The molecule has 1 fully saturated rings. The van der Waals surface area contributed by atoms with Crippen LogP contribution in [0.5, 0.6) is 5.75 Å². The molecule has 49 heavy (non-hydrogen) atoms. The molecule has 1 aromatic heterocycles. The molecule has 1 atom stereocenters. The van der Waals surface area contributed by atoms with E-state index in [1.165, 1.54) is 12.8 Å². The van der Waals surface area contributed by atoms with E-state index in [2.05, 4.69) is 63.9 Å². The number of amides is 1. The highest BCUT2D eigenvalue weighted by Gasteiger charge is 2.18. The predicted octanol–water partition coefficient (Wildman–Crippen LogP) is 8.50. The van der Waals surface area contributed by atoms with Crippen LogP contribution in [0.3, 0.4) is 0 Å². The number of imidazole rings is 1. The van der Waals surface area contributed by atoms with Gasteiger partial charge in [0.15, 0.2) is 0 Å². The summed E-state index contributed by atoms with van der Waals surface area (Å²) in [5.41, 5.74) is 6.67. The minimum atomic E-state index is -1.21. The molecule has 4 aromatic rings. The van der Waals surface area contributed by atoms with E-state index >= 15 is 0 Å². The number of nitrogens with zero attached hydrogens (tertiary/aromatic N) is 3. The van der Waals surface area contributed by atoms with Crippen LogP contribution in [0.15, 0.2) is 89.7 Å². The van der Waals surface area contributed by atoms with Crippen molar-refractivity contribution in [2.75, 3.05) is 43.1 Å². The fraction of sp³-hybridized carbons (Fsp3) is 0.400. The third-order valence-electron chi connectivity index (χ3n) is 8.72. The third kappa shape index (κ3) is 10.2. The van der Waals surface area contributed by atoms with Gasteiger partial charge < -0.3 is 24.3 Å². The number of rotatable bonds is 18. The van der Waals surface area contributed by atoms with Gasteiger partial charge in [-0.25, -0.2) is 4.98 Å². The number of unbranched alkanes of at least 4 members (excludes halogenated alkanes) is 1. The Hall–Kier alpha value is -4.21. The molecule has 2 heterocycles. The zero-order valence-electron chi connectivity index (χ0n) is 29.2. The second-order valence-corrected chi connectivity index (χ2v) is 13.8. The van der Waals surface area contributed by atoms with Crippen molar-refractivity contribution in [2.45, 2.75) is 76.5 Å². The van der Waals surface area contributed by atoms with Crippen molar-refractivity contribution in [3.8, 4) is 16.9 Å². The molecule has 260 valence electrons. The van der Waals surface area contributed by atoms with Gasteiger partial charge in [-0.05, 0) is 103 Å². The molecule has 9 heteroatoms. The van der Waals surface area contributed by atoms with Gasteiger partial charge in [0.1, 0.15) is 12.4 Å². The molecular formula is C40H50N4O4S. The van der Waals surface area contributed by atoms with Crippen LogP contribution in [0.2, 0.25) is 0 Å². The quantitative estimate of drug-likeness (QED) is 0.0837. The normalized spacial score (nSPS) is 13.9. The van der Waals surface area contributed by atoms with Crippen LogP contribution in [0.25, 0.3) is 17.2 Å². The van der Waals surface area contributed by atoms with Gasteiger partial charge >= 0.3 is 0 Å². The Kier molecular flexibility index (Phi) is 13.6. The number of anilines is 2. The summed E-state index contributed by atoms with van der Waals surface area (Å²) < 4.78 is 26.6. The number of aromatic nitrogens is 2. The summed E-state index contributed by atoms with van der Waals surface area (Å²) in [6.45, 7) is 11.0. The summed E-state index contributed by atoms with van der Waals surface area (Å²) in [5.74, 6) is 1.08. The highest BCUT2D eigenvalue weighted by Crippen LogP contribution is 2.32. The average Bonchev–Trinajstić information content (AvgIpc) is 3.82. The van der Waals surface area contributed by atoms with Gasteiger partial charge in [0.25, 0.3) is 5.91 Å². The third-order valence-corrected chi connectivity index (χ3v) is 10.1. The van der Waals surface area contributed by atoms with Gasteiger partial charge in [-0.2, -0.15) is 0 Å². The largest absolute Gasteiger partial charge is 0.491 e. The van der Waals surface area contributed by atoms with E-state index in [9.17, 15) is 9.00 Å². The fourth-order valence-electron chi connectivity index (χ4n) is 5.95. The van der Waals surface area contributed by atoms with E-state index < -0.39 is 10.8 Å². The lowest BCUT2D eigenvalue weighted by Crippen LogP contribution is -2.19. The SMILES string of the molecule is CCCCOCCOc1ccc(-c2ccc(N3CCCC3)c(/C=C(\CC)C(=O)Nc3ccc(S(=O)Cc4cncn4CCC)cc3)c2)cc1. The molecule has 0 saturated carbocycles. The zero-order valence-corrected chi connectivity index (χ0v) is 30.0. The first-order chi connectivity index (χ1) is 24.0. The van der Waals surface area contributed by atoms with Crippen LogP contribution in [-0.4, -0.2) is 52.6 Å². The molecule has 0 bridgehead atoms. The Morgan fingerprint density at radius 2 is 1.67 bits per heavy atom. The maximum absolute atomic E-state index is 13.6. The van der Waals surface area contributed by atoms with Crippen molar-refractivity contribution in [1.29, 1.82) is 0 Å². The van der Waals surface area contributed by atoms with Crippen LogP contribution in [0.1, 0.15) is 70.6 Å². The van der Waals surface area contributed by atoms with Crippen LogP contribution >= 0.6 is 0 Å². The smallest absolute Gasteiger partial charge is 0.251 e. The van der Waals surface area contributed by atoms with Crippen molar-refractivity contribution in [3.63, 3.8) is 0 Å². The van der Waals surface area contributed by atoms with Gasteiger partial charge in [0, 0.05) is 54.3 Å². The van der Waals surface area contributed by atoms with Gasteiger partial charge in [-0.3, -0.25) is 9.00 Å². The molecule has 1 aliphatic rings. The Morgan fingerprint density at radius 3 is 2.39 bits per heavy atom. The zero-order chi connectivity index (χ0) is 34.4. The molecule has 1 unspecified atom stereocenters. The number of aryl methyl sites for hydroxylation is 1. The van der Waals surface area contributed by atoms with E-state index in [1.807, 2.05) is 49.4 Å². The van der Waals surface area contributed by atoms with Crippen LogP contribution in [0.4, 0.5) is 11.4 Å². The number of hydrogen-bond acceptors (Lipinski definition) is 6. The summed E-state index contributed by atoms with van der Waals surface area (Å²) in [6, 6.07) is 22.0. The molecule has 3 aromatic carbocycles. The maximum atomic E-state index is 13.6. The lowest BCUT2D eigenvalue weighted by Gasteiger charge is -2.22. The molecule has 0 radical (unpaired) electrons. The summed E-state index contributed by atoms with van der Waals surface area (Å²) >= 11 is 0. The van der Waals surface area contributed by atoms with Crippen LogP contribution in [-0.2, 0) is 32.6 Å². The van der Waals surface area contributed by atoms with Gasteiger partial charge in [-0.15, -0.1) is 0 Å². The lowest BCUT2D eigenvalue weighted by molar-refractivity contribution is -0.112. The second kappa shape index (κ2) is 18.5. The van der Waals surface area contributed by atoms with E-state index in [1.54, 1.807) is 12.5 Å². The molecule has 0 aliphatic carbocycles. The summed E-state index contributed by atoms with van der Waals surface area (Å²) in [7, 11) is -1.21. The van der Waals surface area contributed by atoms with Gasteiger partial charge in [0.2, 0.25) is 0 Å². The topological polar surface area (TPSA) is 85.7 Å². The van der Waals surface area contributed by atoms with Crippen molar-refractivity contribution < 1.29 is 18.5 Å². The Bertz CT molecular complexity index is 1690. The van der Waals surface area contributed by atoms with Crippen molar-refractivity contribution in [1.82, 2.24) is 9.55 Å². The highest BCUT2D eigenvalue weighted by molar-refractivity contribution is 7.84. The van der Waals surface area contributed by atoms with E-state index in [0.29, 0.717) is 36.6 Å². The van der Waals surface area contributed by atoms with Crippen molar-refractivity contribution in [3.05, 3.63) is 96.1 Å². The molecule has 1 amide bonds. The molecule has 1 N–H and O–H groups in total. The molecule has 1 aliphatic heterocycles. The predicted molar refractivity (Wildman–Crippen MR) is 201 cm³/mol. The maximum Gasteiger partial charge on any atom is 0.251 e. The molecule has 0 spiro atoms. The van der Waals surface area contributed by atoms with E-state index in [-0.39, 0.29) is 5.91 Å². The molecular weight excluding hydrogens is 633 g/mol. The van der Waals surface area contributed by atoms with Crippen LogP contribution in [0, 0.1) is 0 Å². The standard InChI is InChI=1S/C40H50N4O4S/c1-4-7-23-47-24-25-48-37-15-10-32(11-16-37)33-12-19-39(43-21-8-9-22-43)34(27-33)26-31(6-3)40(45)42-35-13-17-38(18-14-35)49(46)29-36-28-41-30-44(36)20-5-2/h10-19,26-28,30H,4-9,20-25,29H2,1-3H3,(H,42,45)/b31-26+. The number of hydrogen-bond donors (Lipinski definition) is 1. The van der Waals surface area contributed by atoms with Gasteiger partial charge in [0.05, 0.1) is 35.2 Å². The molecule has 1 saturated heterocycles. The summed E-state index contributed by atoms with van der Waals surface area (Å²) in [6.07, 6.45) is 11.7. The van der Waals surface area contributed by atoms with Crippen LogP contribution < -0.4 is 15.0 Å². The first-order valence-electron chi connectivity index (χ1n) is 17.7. The Labute approximate surface area is 294 Å². The second-order valence-electron chi connectivity index (χ2n) is 12.4. The van der Waals surface area contributed by atoms with Crippen molar-refractivity contribution in [2.24, 2.45) is 0 Å². The average molecular weight is 683 g/mol. The number of nitrogens with one attached hydrogen (secondary N) is 1. The number of benzene rings is 3. The first-order valence-corrected chi connectivity index (χ1v) is 19.0. The summed E-state index contributed by atoms with van der Waals surface area (Å²) in [4.78, 5) is 20.9. The molecule has 5 rings (SSSR count). The van der Waals surface area contributed by atoms with E-state index in [0.717, 1.165) is 84.2 Å².